The SMILES string of the molecule is CCOC(=O)CNC(=O)Nc1ccc(C=CC(=O)O)cc1. The van der Waals surface area contributed by atoms with Crippen LogP contribution in [0.5, 0.6) is 0 Å². The van der Waals surface area contributed by atoms with Gasteiger partial charge in [-0.25, -0.2) is 9.59 Å². The molecular formula is C14H16N2O5. The number of urea groups is 1. The van der Waals surface area contributed by atoms with Crippen LogP contribution in [0, 0.1) is 0 Å². The van der Waals surface area contributed by atoms with E-state index in [1.165, 1.54) is 6.08 Å². The van der Waals surface area contributed by atoms with Crippen molar-refractivity contribution in [2.45, 2.75) is 6.92 Å². The number of amides is 2. The average molecular weight is 292 g/mol. The normalized spacial score (nSPS) is 10.1. The van der Waals surface area contributed by atoms with Crippen molar-refractivity contribution < 1.29 is 24.2 Å². The van der Waals surface area contributed by atoms with Crippen LogP contribution in [0.1, 0.15) is 12.5 Å². The number of ether oxygens (including phenoxy) is 1. The third kappa shape index (κ3) is 6.76. The number of nitrogens with one attached hydrogen (secondary N) is 2. The van der Waals surface area contributed by atoms with E-state index in [4.69, 9.17) is 5.11 Å². The Morgan fingerprint density at radius 1 is 1.24 bits per heavy atom. The number of carbonyl (C=O) groups is 3. The summed E-state index contributed by atoms with van der Waals surface area (Å²) in [5.74, 6) is -1.54. The quantitative estimate of drug-likeness (QED) is 0.544. The van der Waals surface area contributed by atoms with Gasteiger partial charge in [0.1, 0.15) is 6.54 Å². The third-order valence-electron chi connectivity index (χ3n) is 2.29. The summed E-state index contributed by atoms with van der Waals surface area (Å²) in [6, 6.07) is 6.01. The summed E-state index contributed by atoms with van der Waals surface area (Å²) in [5.41, 5.74) is 1.21. The molecule has 1 aromatic rings. The lowest BCUT2D eigenvalue weighted by Gasteiger charge is -2.07. The van der Waals surface area contributed by atoms with Gasteiger partial charge < -0.3 is 20.5 Å². The maximum absolute atomic E-state index is 11.5. The molecule has 21 heavy (non-hydrogen) atoms. The molecule has 0 aliphatic heterocycles. The van der Waals surface area contributed by atoms with Crippen molar-refractivity contribution in [3.8, 4) is 0 Å². The molecule has 0 aliphatic carbocycles. The fraction of sp³-hybridized carbons (Fsp3) is 0.214. The van der Waals surface area contributed by atoms with Crippen molar-refractivity contribution in [2.24, 2.45) is 0 Å². The van der Waals surface area contributed by atoms with Crippen LogP contribution in [0.25, 0.3) is 6.08 Å². The van der Waals surface area contributed by atoms with Gasteiger partial charge in [0, 0.05) is 11.8 Å². The summed E-state index contributed by atoms with van der Waals surface area (Å²) >= 11 is 0. The fourth-order valence-electron chi connectivity index (χ4n) is 1.38. The molecule has 1 aromatic carbocycles. The molecule has 0 unspecified atom stereocenters. The van der Waals surface area contributed by atoms with E-state index in [0.717, 1.165) is 6.08 Å². The number of carboxylic acids is 1. The van der Waals surface area contributed by atoms with E-state index in [0.29, 0.717) is 11.3 Å². The van der Waals surface area contributed by atoms with Crippen LogP contribution < -0.4 is 10.6 Å². The molecule has 7 heteroatoms. The first-order chi connectivity index (χ1) is 10.0. The molecule has 0 atom stereocenters. The van der Waals surface area contributed by atoms with E-state index in [1.54, 1.807) is 31.2 Å². The predicted molar refractivity (Wildman–Crippen MR) is 76.8 cm³/mol. The van der Waals surface area contributed by atoms with Gasteiger partial charge in [-0.2, -0.15) is 0 Å². The van der Waals surface area contributed by atoms with E-state index in [2.05, 4.69) is 15.4 Å². The number of rotatable bonds is 6. The zero-order chi connectivity index (χ0) is 15.7. The largest absolute Gasteiger partial charge is 0.478 e. The number of aliphatic carboxylic acids is 1. The molecule has 0 spiro atoms. The minimum atomic E-state index is -1.03. The Hall–Kier alpha value is -2.83. The molecule has 0 saturated carbocycles. The molecule has 0 fully saturated rings. The average Bonchev–Trinajstić information content (AvgIpc) is 2.45. The smallest absolute Gasteiger partial charge is 0.328 e. The Labute approximate surface area is 121 Å². The van der Waals surface area contributed by atoms with E-state index in [1.807, 2.05) is 0 Å². The third-order valence-corrected chi connectivity index (χ3v) is 2.29. The summed E-state index contributed by atoms with van der Waals surface area (Å²) < 4.78 is 4.67. The number of hydrogen-bond acceptors (Lipinski definition) is 4. The van der Waals surface area contributed by atoms with Gasteiger partial charge in [-0.3, -0.25) is 4.79 Å². The fourth-order valence-corrected chi connectivity index (χ4v) is 1.38. The number of esters is 1. The van der Waals surface area contributed by atoms with Gasteiger partial charge in [-0.05, 0) is 30.7 Å². The first-order valence-corrected chi connectivity index (χ1v) is 6.23. The van der Waals surface area contributed by atoms with Crippen molar-refractivity contribution >= 4 is 29.7 Å². The van der Waals surface area contributed by atoms with Crippen molar-refractivity contribution in [1.82, 2.24) is 5.32 Å². The molecular weight excluding hydrogens is 276 g/mol. The van der Waals surface area contributed by atoms with Gasteiger partial charge in [-0.1, -0.05) is 12.1 Å². The summed E-state index contributed by atoms with van der Waals surface area (Å²) in [5, 5.41) is 13.4. The summed E-state index contributed by atoms with van der Waals surface area (Å²) in [6.45, 7) is 1.73. The van der Waals surface area contributed by atoms with Gasteiger partial charge in [0.05, 0.1) is 6.61 Å². The molecule has 0 bridgehead atoms. The number of carbonyl (C=O) groups excluding carboxylic acids is 2. The Kier molecular flexibility index (Phi) is 6.46. The summed E-state index contributed by atoms with van der Waals surface area (Å²) in [7, 11) is 0. The van der Waals surface area contributed by atoms with E-state index >= 15 is 0 Å². The Morgan fingerprint density at radius 2 is 1.90 bits per heavy atom. The van der Waals surface area contributed by atoms with Gasteiger partial charge in [0.2, 0.25) is 0 Å². The first-order valence-electron chi connectivity index (χ1n) is 6.23. The molecule has 7 nitrogen and oxygen atoms in total. The van der Waals surface area contributed by atoms with Gasteiger partial charge in [0.25, 0.3) is 0 Å². The number of carboxylic acid groups (broad SMARTS) is 1. The Balaban J connectivity index is 2.46. The minimum Gasteiger partial charge on any atom is -0.478 e. The topological polar surface area (TPSA) is 105 Å². The van der Waals surface area contributed by atoms with Crippen molar-refractivity contribution in [2.75, 3.05) is 18.5 Å². The summed E-state index contributed by atoms with van der Waals surface area (Å²) in [6.07, 6.45) is 2.46. The molecule has 112 valence electrons. The van der Waals surface area contributed by atoms with Crippen molar-refractivity contribution in [3.63, 3.8) is 0 Å². The summed E-state index contributed by atoms with van der Waals surface area (Å²) in [4.78, 5) is 32.9. The predicted octanol–water partition coefficient (Wildman–Crippen LogP) is 1.47. The van der Waals surface area contributed by atoms with Crippen molar-refractivity contribution in [1.29, 1.82) is 0 Å². The van der Waals surface area contributed by atoms with E-state index in [-0.39, 0.29) is 13.2 Å². The number of benzene rings is 1. The van der Waals surface area contributed by atoms with Crippen LogP contribution in [0.15, 0.2) is 30.3 Å². The highest BCUT2D eigenvalue weighted by Crippen LogP contribution is 2.10. The lowest BCUT2D eigenvalue weighted by Crippen LogP contribution is -2.34. The van der Waals surface area contributed by atoms with E-state index < -0.39 is 18.0 Å². The minimum absolute atomic E-state index is 0.209. The van der Waals surface area contributed by atoms with Crippen LogP contribution in [0.2, 0.25) is 0 Å². The lowest BCUT2D eigenvalue weighted by atomic mass is 10.2. The van der Waals surface area contributed by atoms with Crippen LogP contribution in [0.4, 0.5) is 10.5 Å². The first kappa shape index (κ1) is 16.2. The standard InChI is InChI=1S/C14H16N2O5/c1-2-21-13(19)9-15-14(20)16-11-6-3-10(4-7-11)5-8-12(17)18/h3-8H,2,9H2,1H3,(H,17,18)(H2,15,16,20). The monoisotopic (exact) mass is 292 g/mol. The van der Waals surface area contributed by atoms with Crippen LogP contribution >= 0.6 is 0 Å². The highest BCUT2D eigenvalue weighted by molar-refractivity contribution is 5.91. The van der Waals surface area contributed by atoms with Crippen molar-refractivity contribution in [3.05, 3.63) is 35.9 Å². The lowest BCUT2D eigenvalue weighted by molar-refractivity contribution is -0.141. The maximum Gasteiger partial charge on any atom is 0.328 e. The van der Waals surface area contributed by atoms with Crippen LogP contribution in [-0.4, -0.2) is 36.2 Å². The molecule has 0 heterocycles. The zero-order valence-corrected chi connectivity index (χ0v) is 11.5. The second kappa shape index (κ2) is 8.36. The molecule has 3 N–H and O–H groups in total. The molecule has 0 saturated heterocycles. The van der Waals surface area contributed by atoms with Gasteiger partial charge in [-0.15, -0.1) is 0 Å². The molecule has 0 aliphatic rings. The Morgan fingerprint density at radius 3 is 2.48 bits per heavy atom. The number of hydrogen-bond donors (Lipinski definition) is 3. The zero-order valence-electron chi connectivity index (χ0n) is 11.5. The van der Waals surface area contributed by atoms with Gasteiger partial charge >= 0.3 is 18.0 Å². The second-order valence-corrected chi connectivity index (χ2v) is 3.91. The maximum atomic E-state index is 11.5. The van der Waals surface area contributed by atoms with Gasteiger partial charge in [0.15, 0.2) is 0 Å². The molecule has 2 amide bonds. The molecule has 0 aromatic heterocycles. The van der Waals surface area contributed by atoms with Crippen LogP contribution in [0.3, 0.4) is 0 Å². The highest BCUT2D eigenvalue weighted by atomic mass is 16.5. The Bertz CT molecular complexity index is 537. The van der Waals surface area contributed by atoms with Crippen LogP contribution in [-0.2, 0) is 14.3 Å². The molecule has 0 radical (unpaired) electrons. The number of anilines is 1. The second-order valence-electron chi connectivity index (χ2n) is 3.91. The highest BCUT2D eigenvalue weighted by Gasteiger charge is 2.05. The molecule has 1 rings (SSSR count). The van der Waals surface area contributed by atoms with E-state index in [9.17, 15) is 14.4 Å².